The Balaban J connectivity index is 1.95. The van der Waals surface area contributed by atoms with E-state index in [1.807, 2.05) is 25.1 Å². The van der Waals surface area contributed by atoms with Crippen LogP contribution in [0.25, 0.3) is 0 Å². The third-order valence-electron chi connectivity index (χ3n) is 4.02. The molecule has 0 spiro atoms. The van der Waals surface area contributed by atoms with Gasteiger partial charge >= 0.3 is 6.03 Å². The van der Waals surface area contributed by atoms with Crippen molar-refractivity contribution >= 4 is 17.4 Å². The van der Waals surface area contributed by atoms with E-state index >= 15 is 0 Å². The first-order valence-electron chi connectivity index (χ1n) is 8.23. The molecule has 1 unspecified atom stereocenters. The van der Waals surface area contributed by atoms with Gasteiger partial charge in [-0.1, -0.05) is 12.1 Å². The normalized spacial score (nSPS) is 16.2. The second-order valence-corrected chi connectivity index (χ2v) is 5.93. The first kappa shape index (κ1) is 16.6. The molecule has 0 bridgehead atoms. The Bertz CT molecular complexity index is 473. The highest BCUT2D eigenvalue weighted by Gasteiger charge is 2.15. The van der Waals surface area contributed by atoms with Crippen LogP contribution in [0, 0.1) is 0 Å². The molecule has 1 aliphatic heterocycles. The van der Waals surface area contributed by atoms with Gasteiger partial charge in [0.05, 0.1) is 11.4 Å². The fraction of sp³-hybridized carbons (Fsp3) is 0.588. The van der Waals surface area contributed by atoms with Crippen LogP contribution in [0.1, 0.15) is 39.0 Å². The molecular weight excluding hydrogens is 278 g/mol. The summed E-state index contributed by atoms with van der Waals surface area (Å²) >= 11 is 0. The SMILES string of the molecule is CC(CCCO)NC(=O)Nc1ccccc1N1CCCCC1. The third kappa shape index (κ3) is 4.91. The van der Waals surface area contributed by atoms with Crippen molar-refractivity contribution in [1.82, 2.24) is 5.32 Å². The van der Waals surface area contributed by atoms with E-state index in [0.717, 1.165) is 30.9 Å². The van der Waals surface area contributed by atoms with Crippen molar-refractivity contribution in [2.45, 2.75) is 45.1 Å². The predicted molar refractivity (Wildman–Crippen MR) is 90.4 cm³/mol. The number of urea groups is 1. The second kappa shape index (κ2) is 8.63. The van der Waals surface area contributed by atoms with Gasteiger partial charge in [-0.25, -0.2) is 4.79 Å². The summed E-state index contributed by atoms with van der Waals surface area (Å²) in [5.41, 5.74) is 1.96. The molecule has 2 rings (SSSR count). The highest BCUT2D eigenvalue weighted by Crippen LogP contribution is 2.28. The number of para-hydroxylation sites is 2. The van der Waals surface area contributed by atoms with Gasteiger partial charge in [0, 0.05) is 25.7 Å². The van der Waals surface area contributed by atoms with Gasteiger partial charge in [0.2, 0.25) is 0 Å². The number of carbonyl (C=O) groups excluding carboxylic acids is 1. The van der Waals surface area contributed by atoms with Gasteiger partial charge < -0.3 is 20.6 Å². The van der Waals surface area contributed by atoms with E-state index in [0.29, 0.717) is 6.42 Å². The Labute approximate surface area is 132 Å². The number of benzene rings is 1. The Morgan fingerprint density at radius 3 is 2.73 bits per heavy atom. The molecule has 122 valence electrons. The summed E-state index contributed by atoms with van der Waals surface area (Å²) in [6, 6.07) is 7.83. The average molecular weight is 305 g/mol. The van der Waals surface area contributed by atoms with Crippen molar-refractivity contribution in [1.29, 1.82) is 0 Å². The van der Waals surface area contributed by atoms with Gasteiger partial charge in [0.1, 0.15) is 0 Å². The van der Waals surface area contributed by atoms with Crippen LogP contribution in [0.5, 0.6) is 0 Å². The molecule has 5 nitrogen and oxygen atoms in total. The highest BCUT2D eigenvalue weighted by atomic mass is 16.3. The Morgan fingerprint density at radius 1 is 1.27 bits per heavy atom. The number of aliphatic hydroxyl groups excluding tert-OH is 1. The van der Waals surface area contributed by atoms with E-state index in [2.05, 4.69) is 21.6 Å². The summed E-state index contributed by atoms with van der Waals surface area (Å²) in [6.07, 6.45) is 5.18. The molecule has 1 heterocycles. The average Bonchev–Trinajstić information content (AvgIpc) is 2.54. The van der Waals surface area contributed by atoms with Crippen LogP contribution < -0.4 is 15.5 Å². The topological polar surface area (TPSA) is 64.6 Å². The lowest BCUT2D eigenvalue weighted by molar-refractivity contribution is 0.245. The fourth-order valence-corrected chi connectivity index (χ4v) is 2.84. The predicted octanol–water partition coefficient (Wildman–Crippen LogP) is 2.96. The molecule has 3 N–H and O–H groups in total. The zero-order valence-electron chi connectivity index (χ0n) is 13.3. The first-order chi connectivity index (χ1) is 10.7. The van der Waals surface area contributed by atoms with Crippen molar-refractivity contribution in [2.24, 2.45) is 0 Å². The van der Waals surface area contributed by atoms with Crippen LogP contribution in [-0.4, -0.2) is 36.9 Å². The van der Waals surface area contributed by atoms with Gasteiger partial charge in [-0.15, -0.1) is 0 Å². The summed E-state index contributed by atoms with van der Waals surface area (Å²) < 4.78 is 0. The van der Waals surface area contributed by atoms with E-state index in [1.165, 1.54) is 19.3 Å². The van der Waals surface area contributed by atoms with Gasteiger partial charge in [0.25, 0.3) is 0 Å². The molecule has 2 amide bonds. The number of hydrogen-bond acceptors (Lipinski definition) is 3. The lowest BCUT2D eigenvalue weighted by Crippen LogP contribution is -2.37. The van der Waals surface area contributed by atoms with Crippen molar-refractivity contribution in [3.8, 4) is 0 Å². The third-order valence-corrected chi connectivity index (χ3v) is 4.02. The molecule has 1 aliphatic rings. The van der Waals surface area contributed by atoms with E-state index in [9.17, 15) is 4.79 Å². The zero-order valence-corrected chi connectivity index (χ0v) is 13.3. The van der Waals surface area contributed by atoms with Gasteiger partial charge in [-0.2, -0.15) is 0 Å². The summed E-state index contributed by atoms with van der Waals surface area (Å²) in [5.74, 6) is 0. The quantitative estimate of drug-likeness (QED) is 0.757. The standard InChI is InChI=1S/C17H27N3O2/c1-14(8-7-13-21)18-17(22)19-15-9-3-4-10-16(15)20-11-5-2-6-12-20/h3-4,9-10,14,21H,2,5-8,11-13H2,1H3,(H2,18,19,22). The lowest BCUT2D eigenvalue weighted by Gasteiger charge is -2.30. The molecule has 1 fully saturated rings. The maximum Gasteiger partial charge on any atom is 0.319 e. The van der Waals surface area contributed by atoms with Crippen molar-refractivity contribution < 1.29 is 9.90 Å². The minimum Gasteiger partial charge on any atom is -0.396 e. The summed E-state index contributed by atoms with van der Waals surface area (Å²) in [6.45, 7) is 4.21. The van der Waals surface area contributed by atoms with Crippen LogP contribution in [0.15, 0.2) is 24.3 Å². The Kier molecular flexibility index (Phi) is 6.52. The van der Waals surface area contributed by atoms with Crippen LogP contribution in [-0.2, 0) is 0 Å². The van der Waals surface area contributed by atoms with Crippen LogP contribution in [0.2, 0.25) is 0 Å². The van der Waals surface area contributed by atoms with E-state index in [4.69, 9.17) is 5.11 Å². The molecule has 0 radical (unpaired) electrons. The summed E-state index contributed by atoms with van der Waals surface area (Å²) in [4.78, 5) is 14.5. The number of piperidine rings is 1. The maximum atomic E-state index is 12.1. The maximum absolute atomic E-state index is 12.1. The second-order valence-electron chi connectivity index (χ2n) is 5.93. The lowest BCUT2D eigenvalue weighted by atomic mass is 10.1. The minimum absolute atomic E-state index is 0.0503. The van der Waals surface area contributed by atoms with Crippen molar-refractivity contribution in [3.63, 3.8) is 0 Å². The number of hydrogen-bond donors (Lipinski definition) is 3. The number of carbonyl (C=O) groups is 1. The van der Waals surface area contributed by atoms with Crippen LogP contribution in [0.3, 0.4) is 0 Å². The molecule has 22 heavy (non-hydrogen) atoms. The molecule has 1 aromatic rings. The minimum atomic E-state index is -0.185. The summed E-state index contributed by atoms with van der Waals surface area (Å²) in [7, 11) is 0. The van der Waals surface area contributed by atoms with E-state index in [-0.39, 0.29) is 18.7 Å². The van der Waals surface area contributed by atoms with Gasteiger partial charge in [-0.3, -0.25) is 0 Å². The molecule has 5 heteroatoms. The molecule has 0 aliphatic carbocycles. The number of anilines is 2. The molecule has 1 saturated heterocycles. The Morgan fingerprint density at radius 2 is 2.00 bits per heavy atom. The van der Waals surface area contributed by atoms with Crippen molar-refractivity contribution in [2.75, 3.05) is 29.9 Å². The summed E-state index contributed by atoms with van der Waals surface area (Å²) in [5, 5.41) is 14.7. The largest absolute Gasteiger partial charge is 0.396 e. The van der Waals surface area contributed by atoms with Gasteiger partial charge in [0.15, 0.2) is 0 Å². The molecule has 1 atom stereocenters. The fourth-order valence-electron chi connectivity index (χ4n) is 2.84. The van der Waals surface area contributed by atoms with Crippen molar-refractivity contribution in [3.05, 3.63) is 24.3 Å². The first-order valence-corrected chi connectivity index (χ1v) is 8.23. The monoisotopic (exact) mass is 305 g/mol. The van der Waals surface area contributed by atoms with E-state index < -0.39 is 0 Å². The highest BCUT2D eigenvalue weighted by molar-refractivity contribution is 5.93. The van der Waals surface area contributed by atoms with Gasteiger partial charge in [-0.05, 0) is 51.2 Å². The number of aliphatic hydroxyl groups is 1. The smallest absolute Gasteiger partial charge is 0.319 e. The number of rotatable bonds is 6. The van der Waals surface area contributed by atoms with Crippen LogP contribution >= 0.6 is 0 Å². The molecule has 0 saturated carbocycles. The number of amides is 2. The number of nitrogens with one attached hydrogen (secondary N) is 2. The van der Waals surface area contributed by atoms with E-state index in [1.54, 1.807) is 0 Å². The molecule has 1 aromatic carbocycles. The molecule has 0 aromatic heterocycles. The Hall–Kier alpha value is -1.75. The zero-order chi connectivity index (χ0) is 15.8. The molecular formula is C17H27N3O2. The number of nitrogens with zero attached hydrogens (tertiary/aromatic N) is 1. The van der Waals surface area contributed by atoms with Crippen LogP contribution in [0.4, 0.5) is 16.2 Å².